The zero-order valence-corrected chi connectivity index (χ0v) is 11.1. The number of hydrazine groups is 1. The van der Waals surface area contributed by atoms with Crippen molar-refractivity contribution >= 4 is 17.4 Å². The molecule has 2 aromatic rings. The fraction of sp³-hybridized carbons (Fsp3) is 0.167. The topological polar surface area (TPSA) is 73.1 Å². The SMILES string of the molecule is Cc1nc(NN)c(C)c(Oc2ccc(Cl)c(F)c2)n1. The summed E-state index contributed by atoms with van der Waals surface area (Å²) in [6.45, 7) is 3.45. The highest BCUT2D eigenvalue weighted by Gasteiger charge is 2.11. The number of aryl methyl sites for hydroxylation is 1. The quantitative estimate of drug-likeness (QED) is 0.669. The molecule has 0 amide bonds. The predicted molar refractivity (Wildman–Crippen MR) is 70.8 cm³/mol. The van der Waals surface area contributed by atoms with Crippen LogP contribution in [0.1, 0.15) is 11.4 Å². The van der Waals surface area contributed by atoms with Gasteiger partial charge in [0.25, 0.3) is 0 Å². The zero-order valence-electron chi connectivity index (χ0n) is 10.4. The summed E-state index contributed by atoms with van der Waals surface area (Å²) in [7, 11) is 0. The maximum absolute atomic E-state index is 13.3. The van der Waals surface area contributed by atoms with Crippen molar-refractivity contribution in [3.8, 4) is 11.6 Å². The van der Waals surface area contributed by atoms with Crippen LogP contribution in [0.15, 0.2) is 18.2 Å². The van der Waals surface area contributed by atoms with Crippen molar-refractivity contribution < 1.29 is 9.13 Å². The monoisotopic (exact) mass is 282 g/mol. The molecule has 0 aliphatic carbocycles. The Bertz CT molecular complexity index is 621. The number of hydrogen-bond acceptors (Lipinski definition) is 5. The zero-order chi connectivity index (χ0) is 14.0. The second-order valence-corrected chi connectivity index (χ2v) is 4.28. The highest BCUT2D eigenvalue weighted by atomic mass is 35.5. The summed E-state index contributed by atoms with van der Waals surface area (Å²) in [5, 5.41) is 0.0345. The summed E-state index contributed by atoms with van der Waals surface area (Å²) >= 11 is 5.61. The Morgan fingerprint density at radius 1 is 1.32 bits per heavy atom. The second-order valence-electron chi connectivity index (χ2n) is 3.87. The van der Waals surface area contributed by atoms with Crippen LogP contribution < -0.4 is 16.0 Å². The minimum absolute atomic E-state index is 0.0345. The second kappa shape index (κ2) is 5.38. The molecule has 2 rings (SSSR count). The molecule has 1 aromatic carbocycles. The number of nitrogen functional groups attached to an aromatic ring is 1. The van der Waals surface area contributed by atoms with Crippen molar-refractivity contribution in [2.75, 3.05) is 5.43 Å². The molecule has 0 unspecified atom stereocenters. The van der Waals surface area contributed by atoms with E-state index in [1.165, 1.54) is 12.1 Å². The molecule has 0 bridgehead atoms. The molecule has 19 heavy (non-hydrogen) atoms. The maximum atomic E-state index is 13.3. The van der Waals surface area contributed by atoms with Gasteiger partial charge in [0.05, 0.1) is 10.6 Å². The number of rotatable bonds is 3. The number of nitrogens with one attached hydrogen (secondary N) is 1. The van der Waals surface area contributed by atoms with Crippen molar-refractivity contribution in [3.63, 3.8) is 0 Å². The third kappa shape index (κ3) is 2.91. The number of nitrogens with zero attached hydrogens (tertiary/aromatic N) is 2. The van der Waals surface area contributed by atoms with E-state index < -0.39 is 5.82 Å². The minimum Gasteiger partial charge on any atom is -0.438 e. The van der Waals surface area contributed by atoms with Crippen LogP contribution in [0.2, 0.25) is 5.02 Å². The molecule has 0 fully saturated rings. The van der Waals surface area contributed by atoms with Gasteiger partial charge in [-0.1, -0.05) is 11.6 Å². The van der Waals surface area contributed by atoms with Gasteiger partial charge in [-0.25, -0.2) is 15.2 Å². The van der Waals surface area contributed by atoms with Gasteiger partial charge in [-0.3, -0.25) is 0 Å². The molecule has 0 atom stereocenters. The van der Waals surface area contributed by atoms with E-state index in [0.717, 1.165) is 0 Å². The molecule has 0 saturated heterocycles. The van der Waals surface area contributed by atoms with Crippen molar-refractivity contribution in [2.45, 2.75) is 13.8 Å². The van der Waals surface area contributed by atoms with Crippen molar-refractivity contribution in [1.82, 2.24) is 9.97 Å². The van der Waals surface area contributed by atoms with Crippen molar-refractivity contribution in [1.29, 1.82) is 0 Å². The van der Waals surface area contributed by atoms with Crippen molar-refractivity contribution in [2.24, 2.45) is 5.84 Å². The fourth-order valence-corrected chi connectivity index (χ4v) is 1.61. The van der Waals surface area contributed by atoms with E-state index in [2.05, 4.69) is 15.4 Å². The summed E-state index contributed by atoms with van der Waals surface area (Å²) in [5.41, 5.74) is 3.08. The lowest BCUT2D eigenvalue weighted by Crippen LogP contribution is -2.12. The first-order chi connectivity index (χ1) is 9.01. The molecule has 5 nitrogen and oxygen atoms in total. The van der Waals surface area contributed by atoms with Gasteiger partial charge in [-0.2, -0.15) is 4.98 Å². The predicted octanol–water partition coefficient (Wildman–Crippen LogP) is 2.96. The molecule has 0 saturated carbocycles. The molecule has 0 aliphatic rings. The van der Waals surface area contributed by atoms with E-state index in [-0.39, 0.29) is 5.02 Å². The van der Waals surface area contributed by atoms with E-state index in [1.54, 1.807) is 19.9 Å². The molecule has 0 radical (unpaired) electrons. The number of benzene rings is 1. The Labute approximate surface area is 114 Å². The molecule has 1 aromatic heterocycles. The molecule has 1 heterocycles. The average Bonchev–Trinajstić information content (AvgIpc) is 2.37. The van der Waals surface area contributed by atoms with Crippen LogP contribution in [0.3, 0.4) is 0 Å². The Hall–Kier alpha value is -1.92. The first-order valence-electron chi connectivity index (χ1n) is 5.46. The number of ether oxygens (including phenoxy) is 1. The largest absolute Gasteiger partial charge is 0.438 e. The maximum Gasteiger partial charge on any atom is 0.227 e. The van der Waals surface area contributed by atoms with Crippen LogP contribution >= 0.6 is 11.6 Å². The van der Waals surface area contributed by atoms with E-state index in [1.807, 2.05) is 0 Å². The summed E-state index contributed by atoms with van der Waals surface area (Å²) in [5.74, 6) is 6.35. The van der Waals surface area contributed by atoms with E-state index in [0.29, 0.717) is 28.8 Å². The van der Waals surface area contributed by atoms with Gasteiger partial charge in [0.1, 0.15) is 23.2 Å². The molecule has 3 N–H and O–H groups in total. The van der Waals surface area contributed by atoms with Gasteiger partial charge < -0.3 is 10.2 Å². The van der Waals surface area contributed by atoms with Crippen LogP contribution in [0, 0.1) is 19.7 Å². The first-order valence-corrected chi connectivity index (χ1v) is 5.84. The smallest absolute Gasteiger partial charge is 0.227 e. The third-order valence-electron chi connectivity index (χ3n) is 2.46. The molecular formula is C12H12ClFN4O. The lowest BCUT2D eigenvalue weighted by molar-refractivity contribution is 0.451. The third-order valence-corrected chi connectivity index (χ3v) is 2.76. The molecule has 7 heteroatoms. The lowest BCUT2D eigenvalue weighted by Gasteiger charge is -2.11. The molecule has 100 valence electrons. The number of nitrogens with two attached hydrogens (primary N) is 1. The van der Waals surface area contributed by atoms with Gasteiger partial charge in [0.2, 0.25) is 5.88 Å². The number of hydrogen-bond donors (Lipinski definition) is 2. The van der Waals surface area contributed by atoms with E-state index in [4.69, 9.17) is 22.2 Å². The molecular weight excluding hydrogens is 271 g/mol. The Morgan fingerprint density at radius 2 is 2.05 bits per heavy atom. The van der Waals surface area contributed by atoms with E-state index in [9.17, 15) is 4.39 Å². The van der Waals surface area contributed by atoms with Gasteiger partial charge >= 0.3 is 0 Å². The van der Waals surface area contributed by atoms with Crippen LogP contribution in [0.5, 0.6) is 11.6 Å². The summed E-state index contributed by atoms with van der Waals surface area (Å²) in [6.07, 6.45) is 0. The molecule has 0 aliphatic heterocycles. The van der Waals surface area contributed by atoms with Crippen LogP contribution in [0.4, 0.5) is 10.2 Å². The minimum atomic E-state index is -0.556. The highest BCUT2D eigenvalue weighted by molar-refractivity contribution is 6.30. The summed E-state index contributed by atoms with van der Waals surface area (Å²) in [4.78, 5) is 8.25. The standard InChI is InChI=1S/C12H12ClFN4O/c1-6-11(18-15)16-7(2)17-12(6)19-8-3-4-9(13)10(14)5-8/h3-5H,15H2,1-2H3,(H,16,17,18). The Balaban J connectivity index is 2.37. The first kappa shape index (κ1) is 13.5. The van der Waals surface area contributed by atoms with Gasteiger partial charge in [-0.15, -0.1) is 0 Å². The Kier molecular flexibility index (Phi) is 3.82. The van der Waals surface area contributed by atoms with Crippen LogP contribution in [-0.2, 0) is 0 Å². The summed E-state index contributed by atoms with van der Waals surface area (Å²) in [6, 6.07) is 4.16. The summed E-state index contributed by atoms with van der Waals surface area (Å²) < 4.78 is 18.9. The van der Waals surface area contributed by atoms with Gasteiger partial charge in [0.15, 0.2) is 0 Å². The lowest BCUT2D eigenvalue weighted by atomic mass is 10.3. The number of aromatic nitrogens is 2. The van der Waals surface area contributed by atoms with Gasteiger partial charge in [0, 0.05) is 6.07 Å². The number of anilines is 1. The Morgan fingerprint density at radius 3 is 2.68 bits per heavy atom. The van der Waals surface area contributed by atoms with Gasteiger partial charge in [-0.05, 0) is 26.0 Å². The average molecular weight is 283 g/mol. The van der Waals surface area contributed by atoms with E-state index >= 15 is 0 Å². The fourth-order valence-electron chi connectivity index (χ4n) is 1.49. The normalized spacial score (nSPS) is 10.4. The van der Waals surface area contributed by atoms with Crippen LogP contribution in [0.25, 0.3) is 0 Å². The highest BCUT2D eigenvalue weighted by Crippen LogP contribution is 2.28. The van der Waals surface area contributed by atoms with Crippen LogP contribution in [-0.4, -0.2) is 9.97 Å². The molecule has 0 spiro atoms. The number of halogens is 2. The van der Waals surface area contributed by atoms with Crippen molar-refractivity contribution in [3.05, 3.63) is 40.4 Å².